The van der Waals surface area contributed by atoms with Gasteiger partial charge in [-0.1, -0.05) is 39.8 Å². The van der Waals surface area contributed by atoms with Crippen molar-refractivity contribution in [2.24, 2.45) is 5.92 Å². The second-order valence-electron chi connectivity index (χ2n) is 8.59. The molecule has 1 atom stereocenters. The van der Waals surface area contributed by atoms with Crippen LogP contribution in [0.25, 0.3) is 0 Å². The maximum Gasteiger partial charge on any atom is 0.241 e. The third-order valence-electron chi connectivity index (χ3n) is 4.55. The number of hydrogen-bond acceptors (Lipinski definition) is 7. The number of aromatic nitrogens is 3. The van der Waals surface area contributed by atoms with E-state index in [2.05, 4.69) is 25.0 Å². The van der Waals surface area contributed by atoms with Crippen molar-refractivity contribution in [2.45, 2.75) is 52.0 Å². The molecule has 0 aliphatic carbocycles. The van der Waals surface area contributed by atoms with Crippen LogP contribution in [-0.2, 0) is 21.9 Å². The number of nitrogens with zero attached hydrogens (tertiary/aromatic N) is 3. The molecule has 172 valence electrons. The van der Waals surface area contributed by atoms with Gasteiger partial charge < -0.3 is 10.4 Å². The van der Waals surface area contributed by atoms with Gasteiger partial charge in [-0.3, -0.25) is 4.72 Å². The summed E-state index contributed by atoms with van der Waals surface area (Å²) in [7, 11) is -3.66. The summed E-state index contributed by atoms with van der Waals surface area (Å²) in [5.74, 6) is -1.57. The van der Waals surface area contributed by atoms with E-state index in [0.717, 1.165) is 12.3 Å². The Hall–Kier alpha value is -2.40. The van der Waals surface area contributed by atoms with Crippen molar-refractivity contribution in [3.8, 4) is 0 Å². The van der Waals surface area contributed by atoms with E-state index in [9.17, 15) is 22.3 Å². The van der Waals surface area contributed by atoms with Gasteiger partial charge in [-0.15, -0.1) is 0 Å². The fourth-order valence-electron chi connectivity index (χ4n) is 3.22. The average Bonchev–Trinajstić information content (AvgIpc) is 2.60. The first-order chi connectivity index (χ1) is 14.3. The molecule has 11 heteroatoms. The van der Waals surface area contributed by atoms with Crippen LogP contribution in [-0.4, -0.2) is 47.4 Å². The minimum Gasteiger partial charge on any atom is -0.394 e. The highest BCUT2D eigenvalue weighted by molar-refractivity contribution is 7.91. The van der Waals surface area contributed by atoms with Crippen LogP contribution in [0.4, 0.5) is 20.7 Å². The van der Waals surface area contributed by atoms with E-state index in [1.807, 2.05) is 13.8 Å². The first kappa shape index (κ1) is 24.9. The second kappa shape index (κ2) is 9.82. The molecule has 0 unspecified atom stereocenters. The van der Waals surface area contributed by atoms with Crippen LogP contribution in [0.2, 0.25) is 0 Å². The van der Waals surface area contributed by atoms with Crippen LogP contribution in [0.3, 0.4) is 0 Å². The molecule has 8 nitrogen and oxygen atoms in total. The van der Waals surface area contributed by atoms with E-state index < -0.39 is 27.1 Å². The van der Waals surface area contributed by atoms with Gasteiger partial charge in [-0.05, 0) is 29.4 Å². The number of nitrogens with one attached hydrogen (secondary N) is 2. The van der Waals surface area contributed by atoms with Gasteiger partial charge >= 0.3 is 0 Å². The molecule has 0 amide bonds. The van der Waals surface area contributed by atoms with Crippen molar-refractivity contribution in [2.75, 3.05) is 22.9 Å². The topological polar surface area (TPSA) is 117 Å². The van der Waals surface area contributed by atoms with Crippen molar-refractivity contribution in [3.63, 3.8) is 0 Å². The fourth-order valence-corrected chi connectivity index (χ4v) is 3.65. The molecule has 0 bridgehead atoms. The Morgan fingerprint density at radius 3 is 2.35 bits per heavy atom. The number of aliphatic hydroxyl groups excluding tert-OH is 1. The van der Waals surface area contributed by atoms with Gasteiger partial charge in [0.25, 0.3) is 0 Å². The minimum atomic E-state index is -3.66. The van der Waals surface area contributed by atoms with Crippen molar-refractivity contribution in [1.29, 1.82) is 0 Å². The Morgan fingerprint density at radius 1 is 1.13 bits per heavy atom. The Balaban J connectivity index is 2.42. The van der Waals surface area contributed by atoms with Crippen molar-refractivity contribution in [1.82, 2.24) is 15.0 Å². The summed E-state index contributed by atoms with van der Waals surface area (Å²) in [6, 6.07) is 3.59. The van der Waals surface area contributed by atoms with Crippen LogP contribution >= 0.6 is 0 Å². The highest BCUT2D eigenvalue weighted by atomic mass is 32.2. The normalized spacial score (nSPS) is 13.3. The predicted molar refractivity (Wildman–Crippen MR) is 115 cm³/mol. The molecule has 0 saturated carbocycles. The van der Waals surface area contributed by atoms with Gasteiger partial charge in [0.15, 0.2) is 11.6 Å². The lowest BCUT2D eigenvalue weighted by Gasteiger charge is -2.25. The van der Waals surface area contributed by atoms with E-state index in [1.165, 1.54) is 12.1 Å². The Labute approximate surface area is 181 Å². The molecule has 0 aliphatic heterocycles. The number of rotatable bonds is 10. The molecule has 0 spiro atoms. The van der Waals surface area contributed by atoms with Gasteiger partial charge in [-0.2, -0.15) is 15.0 Å². The summed E-state index contributed by atoms with van der Waals surface area (Å²) in [6.07, 6.45) is 1.67. The molecular weight excluding hydrogens is 428 g/mol. The van der Waals surface area contributed by atoms with Crippen molar-refractivity contribution in [3.05, 3.63) is 41.2 Å². The molecule has 2 rings (SSSR count). The molecule has 3 N–H and O–H groups in total. The molecular formula is C20H29F2N5O3S. The Kier molecular flexibility index (Phi) is 7.87. The van der Waals surface area contributed by atoms with Crippen LogP contribution < -0.4 is 10.0 Å². The smallest absolute Gasteiger partial charge is 0.241 e. The fraction of sp³-hybridized carbons (Fsp3) is 0.550. The molecule has 2 aromatic rings. The zero-order valence-corrected chi connectivity index (χ0v) is 19.1. The molecule has 1 heterocycles. The van der Waals surface area contributed by atoms with Gasteiger partial charge in [0, 0.05) is 6.42 Å². The maximum atomic E-state index is 14.4. The average molecular weight is 458 g/mol. The number of hydrogen-bond donors (Lipinski definition) is 3. The van der Waals surface area contributed by atoms with E-state index in [0.29, 0.717) is 6.42 Å². The quantitative estimate of drug-likeness (QED) is 0.502. The molecule has 0 radical (unpaired) electrons. The van der Waals surface area contributed by atoms with Gasteiger partial charge in [0.05, 0.1) is 18.9 Å². The van der Waals surface area contributed by atoms with Crippen LogP contribution in [0, 0.1) is 17.6 Å². The maximum absolute atomic E-state index is 14.4. The van der Waals surface area contributed by atoms with Gasteiger partial charge in [0.1, 0.15) is 5.82 Å². The zero-order valence-electron chi connectivity index (χ0n) is 18.3. The third-order valence-corrected chi connectivity index (χ3v) is 5.10. The highest BCUT2D eigenvalue weighted by Gasteiger charge is 2.28. The van der Waals surface area contributed by atoms with E-state index >= 15 is 0 Å². The van der Waals surface area contributed by atoms with Crippen LogP contribution in [0.1, 0.15) is 45.5 Å². The molecule has 1 aromatic heterocycles. The van der Waals surface area contributed by atoms with Crippen molar-refractivity contribution < 1.29 is 22.3 Å². The van der Waals surface area contributed by atoms with E-state index in [4.69, 9.17) is 0 Å². The summed E-state index contributed by atoms with van der Waals surface area (Å²) < 4.78 is 53.6. The summed E-state index contributed by atoms with van der Waals surface area (Å²) in [4.78, 5) is 12.5. The summed E-state index contributed by atoms with van der Waals surface area (Å²) in [6.45, 7) is 7.24. The van der Waals surface area contributed by atoms with Crippen molar-refractivity contribution >= 4 is 21.9 Å². The predicted octanol–water partition coefficient (Wildman–Crippen LogP) is 2.86. The first-order valence-electron chi connectivity index (χ1n) is 9.85. The number of benzene rings is 1. The largest absolute Gasteiger partial charge is 0.394 e. The number of aliphatic hydroxyl groups is 1. The minimum absolute atomic E-state index is 0.0753. The van der Waals surface area contributed by atoms with Crippen LogP contribution in [0.5, 0.6) is 0 Å². The lowest BCUT2D eigenvalue weighted by atomic mass is 9.81. The summed E-state index contributed by atoms with van der Waals surface area (Å²) in [5.41, 5.74) is -0.755. The Bertz CT molecular complexity index is 1020. The monoisotopic (exact) mass is 457 g/mol. The molecule has 0 saturated heterocycles. The molecule has 31 heavy (non-hydrogen) atoms. The number of sulfonamides is 1. The third kappa shape index (κ3) is 7.35. The molecule has 1 aromatic carbocycles. The zero-order chi connectivity index (χ0) is 23.4. The summed E-state index contributed by atoms with van der Waals surface area (Å²) >= 11 is 0. The first-order valence-corrected chi connectivity index (χ1v) is 11.7. The summed E-state index contributed by atoms with van der Waals surface area (Å²) in [5, 5.41) is 12.6. The number of halogens is 2. The Morgan fingerprint density at radius 2 is 1.77 bits per heavy atom. The highest BCUT2D eigenvalue weighted by Crippen LogP contribution is 2.30. The van der Waals surface area contributed by atoms with E-state index in [1.54, 1.807) is 13.8 Å². The van der Waals surface area contributed by atoms with Gasteiger partial charge in [0.2, 0.25) is 21.9 Å². The molecule has 0 aliphatic rings. The SMILES string of the molecule is CC(C)C[C@H](CO)Nc1nc(CC(C)(C)c2cccc(F)c2F)nc(NS(C)(=O)=O)n1. The lowest BCUT2D eigenvalue weighted by molar-refractivity contribution is 0.259. The lowest BCUT2D eigenvalue weighted by Crippen LogP contribution is -2.29. The number of anilines is 2. The van der Waals surface area contributed by atoms with Crippen LogP contribution in [0.15, 0.2) is 18.2 Å². The molecule has 0 fully saturated rings. The standard InChI is InChI=1S/C20H29F2N5O3S/c1-12(2)9-13(11-28)23-18-24-16(25-19(26-18)27-31(5,29)30)10-20(3,4)14-7-6-8-15(21)17(14)22/h6-8,12-13,28H,9-11H2,1-5H3,(H2,23,24,25,26,27)/t13-/m1/s1. The van der Waals surface area contributed by atoms with E-state index in [-0.39, 0.29) is 48.3 Å². The second-order valence-corrected chi connectivity index (χ2v) is 10.3. The van der Waals surface area contributed by atoms with Gasteiger partial charge in [-0.25, -0.2) is 17.2 Å².